The Morgan fingerprint density at radius 2 is 0.844 bits per heavy atom. The summed E-state index contributed by atoms with van der Waals surface area (Å²) in [6.45, 7) is 0. The van der Waals surface area contributed by atoms with E-state index in [-0.39, 0.29) is 0 Å². The first-order chi connectivity index (χ1) is 38.2. The van der Waals surface area contributed by atoms with Gasteiger partial charge in [-0.05, 0) is 133 Å². The number of nitrogens with zero attached hydrogens (tertiary/aromatic N) is 2. The van der Waals surface area contributed by atoms with Gasteiger partial charge in [0.2, 0.25) is 0 Å². The van der Waals surface area contributed by atoms with Crippen LogP contribution in [-0.4, -0.2) is 4.57 Å². The quantitative estimate of drug-likeness (QED) is 0.166. The van der Waals surface area contributed by atoms with Crippen LogP contribution in [0.1, 0.15) is 44.5 Å². The lowest BCUT2D eigenvalue weighted by Crippen LogP contribution is -2.33. The number of benzene rings is 12. The molecule has 1 aliphatic heterocycles. The van der Waals surface area contributed by atoms with E-state index < -0.39 is 10.8 Å². The Morgan fingerprint density at radius 1 is 0.312 bits per heavy atom. The van der Waals surface area contributed by atoms with Crippen LogP contribution in [-0.2, 0) is 10.8 Å². The van der Waals surface area contributed by atoms with E-state index >= 15 is 0 Å². The van der Waals surface area contributed by atoms with Gasteiger partial charge >= 0.3 is 0 Å². The van der Waals surface area contributed by atoms with Crippen LogP contribution in [0.25, 0.3) is 82.8 Å². The summed E-state index contributed by atoms with van der Waals surface area (Å²) in [5.74, 6) is 0. The third kappa shape index (κ3) is 5.54. The molecule has 0 N–H and O–H groups in total. The Labute approximate surface area is 445 Å². The molecule has 358 valence electrons. The van der Waals surface area contributed by atoms with Crippen molar-refractivity contribution in [2.45, 2.75) is 10.8 Å². The standard InChI is InChI=1S/C74H46N2O/c1-3-20-48(21-4-1)73(49-22-5-2-6-23-49)61-30-12-7-25-53(61)56-42-39-51(46-66(56)73)75(50-40-43-71-60(45-50)58-28-11-18-37-70(58)77-71)67-34-15-9-24-52(67)47-38-41-55-54-26-8-13-31-62(54)74(65(55)44-47)63-32-14-17-36-69(63)76-68-35-16-10-27-57(68)59-29-19-33-64(74)72(59)76/h1-46H. The van der Waals surface area contributed by atoms with Crippen molar-refractivity contribution in [3.8, 4) is 39.1 Å². The second-order valence-electron chi connectivity index (χ2n) is 21.0. The van der Waals surface area contributed by atoms with Gasteiger partial charge in [-0.3, -0.25) is 0 Å². The Bertz CT molecular complexity index is 4730. The van der Waals surface area contributed by atoms with Crippen LogP contribution < -0.4 is 4.90 Å². The molecule has 0 radical (unpaired) electrons. The zero-order valence-corrected chi connectivity index (χ0v) is 41.9. The van der Waals surface area contributed by atoms with Crippen molar-refractivity contribution in [1.82, 2.24) is 4.57 Å². The molecule has 0 fully saturated rings. The number of fused-ring (bicyclic) bond motifs is 18. The lowest BCUT2D eigenvalue weighted by Gasteiger charge is -2.39. The second-order valence-corrected chi connectivity index (χ2v) is 21.0. The van der Waals surface area contributed by atoms with Gasteiger partial charge in [0, 0.05) is 38.5 Å². The molecule has 0 saturated heterocycles. The van der Waals surface area contributed by atoms with E-state index in [4.69, 9.17) is 4.42 Å². The number of anilines is 3. The van der Waals surface area contributed by atoms with Crippen LogP contribution in [0.15, 0.2) is 283 Å². The summed E-state index contributed by atoms with van der Waals surface area (Å²) in [4.78, 5) is 2.49. The lowest BCUT2D eigenvalue weighted by molar-refractivity contribution is 0.669. The Balaban J connectivity index is 0.932. The van der Waals surface area contributed by atoms with Gasteiger partial charge in [0.25, 0.3) is 0 Å². The predicted octanol–water partition coefficient (Wildman–Crippen LogP) is 18.9. The molecular weight excluding hydrogens is 933 g/mol. The van der Waals surface area contributed by atoms with Crippen molar-refractivity contribution >= 4 is 60.8 Å². The van der Waals surface area contributed by atoms with E-state index in [0.29, 0.717) is 0 Å². The van der Waals surface area contributed by atoms with E-state index in [1.165, 1.54) is 94.3 Å². The molecule has 12 aromatic carbocycles. The summed E-state index contributed by atoms with van der Waals surface area (Å²) < 4.78 is 9.03. The average Bonchev–Trinajstić information content (AvgIpc) is 4.40. The summed E-state index contributed by atoms with van der Waals surface area (Å²) >= 11 is 0. The van der Waals surface area contributed by atoms with E-state index in [9.17, 15) is 0 Å². The van der Waals surface area contributed by atoms with Gasteiger partial charge < -0.3 is 13.9 Å². The van der Waals surface area contributed by atoms with E-state index in [2.05, 4.69) is 282 Å². The number of aromatic nitrogens is 1. The SMILES string of the molecule is c1ccc(C2(c3ccccc3)c3ccccc3-c3ccc(N(c4ccc5oc6ccccc6c5c4)c4ccccc4-c4ccc5c(c4)C4(c6ccccc6-5)c5ccccc5-n5c6ccccc6c6cccc4c65)cc32)cc1. The maximum atomic E-state index is 6.50. The van der Waals surface area contributed by atoms with E-state index in [1.54, 1.807) is 0 Å². The zero-order chi connectivity index (χ0) is 50.4. The Hall–Kier alpha value is -9.96. The molecule has 3 heterocycles. The van der Waals surface area contributed by atoms with Crippen molar-refractivity contribution in [3.05, 3.63) is 324 Å². The fourth-order valence-electron chi connectivity index (χ4n) is 14.5. The van der Waals surface area contributed by atoms with Crippen molar-refractivity contribution in [3.63, 3.8) is 0 Å². The minimum Gasteiger partial charge on any atom is -0.456 e. The highest BCUT2D eigenvalue weighted by Gasteiger charge is 2.51. The van der Waals surface area contributed by atoms with Crippen LogP contribution in [0.4, 0.5) is 17.1 Å². The zero-order valence-electron chi connectivity index (χ0n) is 41.9. The number of hydrogen-bond acceptors (Lipinski definition) is 2. The van der Waals surface area contributed by atoms with Gasteiger partial charge in [0.05, 0.1) is 33.2 Å². The van der Waals surface area contributed by atoms with Crippen LogP contribution >= 0.6 is 0 Å². The van der Waals surface area contributed by atoms with Gasteiger partial charge in [-0.1, -0.05) is 218 Å². The smallest absolute Gasteiger partial charge is 0.135 e. The van der Waals surface area contributed by atoms with E-state index in [0.717, 1.165) is 50.1 Å². The van der Waals surface area contributed by atoms with Gasteiger partial charge in [0.15, 0.2) is 0 Å². The number of hydrogen-bond donors (Lipinski definition) is 0. The number of para-hydroxylation sites is 5. The van der Waals surface area contributed by atoms with Crippen molar-refractivity contribution in [2.75, 3.05) is 4.90 Å². The minimum absolute atomic E-state index is 0.575. The molecule has 0 saturated carbocycles. The first-order valence-electron chi connectivity index (χ1n) is 26.7. The molecule has 2 aromatic heterocycles. The highest BCUT2D eigenvalue weighted by atomic mass is 16.3. The maximum absolute atomic E-state index is 6.50. The second kappa shape index (κ2) is 15.8. The molecule has 77 heavy (non-hydrogen) atoms. The molecule has 1 unspecified atom stereocenters. The third-order valence-electron chi connectivity index (χ3n) is 17.5. The third-order valence-corrected chi connectivity index (χ3v) is 17.5. The monoisotopic (exact) mass is 978 g/mol. The topological polar surface area (TPSA) is 21.3 Å². The van der Waals surface area contributed by atoms with Gasteiger partial charge in [-0.15, -0.1) is 0 Å². The van der Waals surface area contributed by atoms with Crippen molar-refractivity contribution in [1.29, 1.82) is 0 Å². The summed E-state index contributed by atoms with van der Waals surface area (Å²) in [6, 6.07) is 104. The summed E-state index contributed by atoms with van der Waals surface area (Å²) in [5, 5.41) is 4.72. The highest BCUT2D eigenvalue weighted by molar-refractivity contribution is 6.13. The normalized spacial score (nSPS) is 15.2. The van der Waals surface area contributed by atoms with E-state index in [1.807, 2.05) is 6.07 Å². The lowest BCUT2D eigenvalue weighted by atomic mass is 9.65. The molecule has 1 spiro atoms. The molecule has 3 aliphatic rings. The van der Waals surface area contributed by atoms with Gasteiger partial charge in [0.1, 0.15) is 11.2 Å². The number of furan rings is 1. The molecule has 0 amide bonds. The minimum atomic E-state index is -0.586. The van der Waals surface area contributed by atoms with Gasteiger partial charge in [-0.25, -0.2) is 0 Å². The van der Waals surface area contributed by atoms with Crippen LogP contribution in [0, 0.1) is 0 Å². The molecule has 1 atom stereocenters. The Morgan fingerprint density at radius 3 is 1.62 bits per heavy atom. The highest BCUT2D eigenvalue weighted by Crippen LogP contribution is 2.62. The average molecular weight is 979 g/mol. The molecule has 14 aromatic rings. The molecule has 3 heteroatoms. The molecule has 0 bridgehead atoms. The van der Waals surface area contributed by atoms with Crippen LogP contribution in [0.3, 0.4) is 0 Å². The fraction of sp³-hybridized carbons (Fsp3) is 0.0270. The van der Waals surface area contributed by atoms with Crippen molar-refractivity contribution in [2.24, 2.45) is 0 Å². The van der Waals surface area contributed by atoms with Gasteiger partial charge in [-0.2, -0.15) is 0 Å². The summed E-state index contributed by atoms with van der Waals surface area (Å²) in [6.07, 6.45) is 0. The molecule has 17 rings (SSSR count). The fourth-order valence-corrected chi connectivity index (χ4v) is 14.5. The molecule has 3 nitrogen and oxygen atoms in total. The largest absolute Gasteiger partial charge is 0.456 e. The first kappa shape index (κ1) is 42.4. The Kier molecular flexibility index (Phi) is 8.69. The predicted molar refractivity (Wildman–Crippen MR) is 316 cm³/mol. The molecular formula is C74H46N2O. The molecule has 2 aliphatic carbocycles. The van der Waals surface area contributed by atoms with Crippen LogP contribution in [0.5, 0.6) is 0 Å². The summed E-state index contributed by atoms with van der Waals surface area (Å²) in [7, 11) is 0. The maximum Gasteiger partial charge on any atom is 0.135 e. The number of rotatable bonds is 6. The summed E-state index contributed by atoms with van der Waals surface area (Å²) in [5.41, 5.74) is 25.1. The van der Waals surface area contributed by atoms with Crippen LogP contribution in [0.2, 0.25) is 0 Å². The van der Waals surface area contributed by atoms with Crippen molar-refractivity contribution < 1.29 is 4.42 Å². The first-order valence-corrected chi connectivity index (χ1v) is 26.7.